The van der Waals surface area contributed by atoms with Crippen molar-refractivity contribution >= 4 is 15.7 Å². The SMILES string of the molecule is [B]C(C)(C)c1nc(C([B])(C)C)nc(C(C)(C)C)n1. The molecular weight excluding hydrogens is 220 g/mol. The van der Waals surface area contributed by atoms with Gasteiger partial charge >= 0.3 is 0 Å². The van der Waals surface area contributed by atoms with Crippen LogP contribution in [0.15, 0.2) is 0 Å². The first-order valence-electron chi connectivity index (χ1n) is 6.17. The molecule has 1 rings (SSSR count). The van der Waals surface area contributed by atoms with E-state index in [-0.39, 0.29) is 5.41 Å². The van der Waals surface area contributed by atoms with Gasteiger partial charge in [0.2, 0.25) is 0 Å². The molecule has 3 nitrogen and oxygen atoms in total. The highest BCUT2D eigenvalue weighted by molar-refractivity contribution is 6.15. The predicted octanol–water partition coefficient (Wildman–Crippen LogP) is 1.98. The van der Waals surface area contributed by atoms with Gasteiger partial charge in [0, 0.05) is 5.41 Å². The minimum absolute atomic E-state index is 0.164. The number of aromatic nitrogens is 3. The third-order valence-corrected chi connectivity index (χ3v) is 2.46. The van der Waals surface area contributed by atoms with Crippen LogP contribution in [0.5, 0.6) is 0 Å². The van der Waals surface area contributed by atoms with E-state index in [1.807, 2.05) is 27.7 Å². The Labute approximate surface area is 113 Å². The van der Waals surface area contributed by atoms with Crippen LogP contribution in [0.25, 0.3) is 0 Å². The number of rotatable bonds is 2. The van der Waals surface area contributed by atoms with Crippen molar-refractivity contribution in [1.29, 1.82) is 0 Å². The Hall–Kier alpha value is -0.860. The maximum Gasteiger partial charge on any atom is 0.137 e. The van der Waals surface area contributed by atoms with Gasteiger partial charge in [-0.15, -0.1) is 0 Å². The molecule has 1 heterocycles. The highest BCUT2D eigenvalue weighted by Crippen LogP contribution is 2.24. The molecule has 0 aliphatic carbocycles. The fourth-order valence-electron chi connectivity index (χ4n) is 1.29. The normalized spacial score (nSPS) is 13.7. The Kier molecular flexibility index (Phi) is 3.68. The van der Waals surface area contributed by atoms with Crippen molar-refractivity contribution in [2.75, 3.05) is 0 Å². The lowest BCUT2D eigenvalue weighted by Gasteiger charge is -2.26. The van der Waals surface area contributed by atoms with Gasteiger partial charge in [0.15, 0.2) is 0 Å². The van der Waals surface area contributed by atoms with Crippen molar-refractivity contribution < 1.29 is 0 Å². The maximum absolute atomic E-state index is 6.09. The quantitative estimate of drug-likeness (QED) is 0.743. The molecule has 0 amide bonds. The van der Waals surface area contributed by atoms with Crippen LogP contribution in [0.4, 0.5) is 0 Å². The standard InChI is InChI=1S/C13H21B2N3/c1-11(2,3)8-16-9(12(4,5)14)18-10(17-8)13(6,7)15/h1-7H3. The molecule has 0 aliphatic heterocycles. The molecule has 0 unspecified atom stereocenters. The van der Waals surface area contributed by atoms with Gasteiger partial charge in [-0.3, -0.25) is 0 Å². The molecule has 0 saturated carbocycles. The van der Waals surface area contributed by atoms with Gasteiger partial charge < -0.3 is 0 Å². The average molecular weight is 241 g/mol. The summed E-state index contributed by atoms with van der Waals surface area (Å²) in [5.74, 6) is 1.88. The van der Waals surface area contributed by atoms with Gasteiger partial charge in [-0.1, -0.05) is 48.5 Å². The van der Waals surface area contributed by atoms with Crippen molar-refractivity contribution in [2.45, 2.75) is 64.5 Å². The summed E-state index contributed by atoms with van der Waals surface area (Å²) < 4.78 is 0. The van der Waals surface area contributed by atoms with E-state index < -0.39 is 10.6 Å². The Morgan fingerprint density at radius 1 is 0.611 bits per heavy atom. The second kappa shape index (κ2) is 4.36. The van der Waals surface area contributed by atoms with Crippen LogP contribution in [-0.2, 0) is 16.0 Å². The highest BCUT2D eigenvalue weighted by atomic mass is 15.1. The van der Waals surface area contributed by atoms with E-state index in [0.29, 0.717) is 11.6 Å². The second-order valence-electron chi connectivity index (χ2n) is 7.00. The first-order chi connectivity index (χ1) is 7.82. The van der Waals surface area contributed by atoms with E-state index in [9.17, 15) is 0 Å². The smallest absolute Gasteiger partial charge is 0.137 e. The number of hydrogen-bond acceptors (Lipinski definition) is 3. The monoisotopic (exact) mass is 241 g/mol. The van der Waals surface area contributed by atoms with Crippen LogP contribution in [0.1, 0.15) is 65.9 Å². The van der Waals surface area contributed by atoms with Crippen molar-refractivity contribution in [3.05, 3.63) is 17.5 Å². The summed E-state index contributed by atoms with van der Waals surface area (Å²) in [6.07, 6.45) is 0. The van der Waals surface area contributed by atoms with E-state index in [2.05, 4.69) is 35.7 Å². The molecule has 0 spiro atoms. The molecule has 0 aromatic carbocycles. The average Bonchev–Trinajstić information content (AvgIpc) is 2.13. The van der Waals surface area contributed by atoms with Crippen LogP contribution in [-0.4, -0.2) is 30.6 Å². The number of nitrogens with zero attached hydrogens (tertiary/aromatic N) is 3. The Morgan fingerprint density at radius 3 is 1.11 bits per heavy atom. The molecule has 0 fully saturated rings. The molecule has 94 valence electrons. The van der Waals surface area contributed by atoms with E-state index in [0.717, 1.165) is 5.82 Å². The highest BCUT2D eigenvalue weighted by Gasteiger charge is 2.27. The molecule has 5 heteroatoms. The van der Waals surface area contributed by atoms with E-state index in [4.69, 9.17) is 15.7 Å². The molecule has 0 bridgehead atoms. The lowest BCUT2D eigenvalue weighted by Crippen LogP contribution is -2.31. The minimum Gasteiger partial charge on any atom is -0.218 e. The second-order valence-corrected chi connectivity index (χ2v) is 7.00. The van der Waals surface area contributed by atoms with Crippen LogP contribution < -0.4 is 0 Å². The lowest BCUT2D eigenvalue weighted by molar-refractivity contribution is 0.508. The Bertz CT molecular complexity index is 358. The van der Waals surface area contributed by atoms with Crippen LogP contribution in [0.3, 0.4) is 0 Å². The number of hydrogen-bond donors (Lipinski definition) is 0. The molecule has 0 N–H and O–H groups in total. The van der Waals surface area contributed by atoms with Crippen molar-refractivity contribution in [2.24, 2.45) is 0 Å². The van der Waals surface area contributed by atoms with Gasteiger partial charge in [0.25, 0.3) is 0 Å². The summed E-state index contributed by atoms with van der Waals surface area (Å²) >= 11 is 0. The maximum atomic E-state index is 6.09. The van der Waals surface area contributed by atoms with Gasteiger partial charge in [-0.05, 0) is 10.6 Å². The topological polar surface area (TPSA) is 38.7 Å². The summed E-state index contributed by atoms with van der Waals surface area (Å²) in [4.78, 5) is 13.4. The van der Waals surface area contributed by atoms with Gasteiger partial charge in [-0.2, -0.15) is 0 Å². The fraction of sp³-hybridized carbons (Fsp3) is 0.769. The molecular formula is C13H21B2N3. The largest absolute Gasteiger partial charge is 0.218 e. The lowest BCUT2D eigenvalue weighted by atomic mass is 9.70. The molecule has 0 atom stereocenters. The Balaban J connectivity index is 3.49. The third kappa shape index (κ3) is 3.56. The van der Waals surface area contributed by atoms with E-state index >= 15 is 0 Å². The molecule has 1 aromatic heterocycles. The van der Waals surface area contributed by atoms with E-state index in [1.165, 1.54) is 0 Å². The molecule has 4 radical (unpaired) electrons. The van der Waals surface area contributed by atoms with Gasteiger partial charge in [0.05, 0.1) is 15.7 Å². The van der Waals surface area contributed by atoms with Crippen molar-refractivity contribution in [1.82, 2.24) is 15.0 Å². The first-order valence-corrected chi connectivity index (χ1v) is 6.17. The summed E-state index contributed by atoms with van der Waals surface area (Å²) in [7, 11) is 12.2. The molecule has 1 aromatic rings. The summed E-state index contributed by atoms with van der Waals surface area (Å²) in [5.41, 5.74) is -0.164. The predicted molar refractivity (Wildman–Crippen MR) is 76.1 cm³/mol. The van der Waals surface area contributed by atoms with E-state index in [1.54, 1.807) is 0 Å². The zero-order chi connectivity index (χ0) is 14.4. The summed E-state index contributed by atoms with van der Waals surface area (Å²) in [6, 6.07) is 0. The van der Waals surface area contributed by atoms with Crippen LogP contribution in [0, 0.1) is 0 Å². The van der Waals surface area contributed by atoms with Gasteiger partial charge in [-0.25, -0.2) is 15.0 Å². The molecule has 0 saturated heterocycles. The van der Waals surface area contributed by atoms with Gasteiger partial charge in [0.1, 0.15) is 17.5 Å². The third-order valence-electron chi connectivity index (χ3n) is 2.46. The fourth-order valence-corrected chi connectivity index (χ4v) is 1.29. The van der Waals surface area contributed by atoms with Crippen molar-refractivity contribution in [3.8, 4) is 0 Å². The van der Waals surface area contributed by atoms with Crippen molar-refractivity contribution in [3.63, 3.8) is 0 Å². The minimum atomic E-state index is -0.608. The summed E-state index contributed by atoms with van der Waals surface area (Å²) in [6.45, 7) is 13.7. The first kappa shape index (κ1) is 15.2. The molecule has 18 heavy (non-hydrogen) atoms. The van der Waals surface area contributed by atoms with Crippen LogP contribution in [0.2, 0.25) is 0 Å². The van der Waals surface area contributed by atoms with Crippen LogP contribution >= 0.6 is 0 Å². The zero-order valence-electron chi connectivity index (χ0n) is 12.5. The Morgan fingerprint density at radius 2 is 0.889 bits per heavy atom. The molecule has 0 aliphatic rings. The zero-order valence-corrected chi connectivity index (χ0v) is 12.5. The summed E-state index contributed by atoms with van der Waals surface area (Å²) in [5, 5.41) is -1.22.